The Balaban J connectivity index is 2.10. The molecule has 20 heavy (non-hydrogen) atoms. The summed E-state index contributed by atoms with van der Waals surface area (Å²) in [5.41, 5.74) is 0.681. The van der Waals surface area contributed by atoms with E-state index in [1.807, 2.05) is 17.0 Å². The van der Waals surface area contributed by atoms with Crippen molar-refractivity contribution in [3.8, 4) is 5.75 Å². The summed E-state index contributed by atoms with van der Waals surface area (Å²) in [5.74, 6) is 0.574. The minimum absolute atomic E-state index is 0.0157. The second-order valence-corrected chi connectivity index (χ2v) is 6.07. The van der Waals surface area contributed by atoms with Gasteiger partial charge in [-0.15, -0.1) is 0 Å². The van der Waals surface area contributed by atoms with Crippen LogP contribution in [0.2, 0.25) is 0 Å². The Bertz CT molecular complexity index is 484. The number of benzene rings is 1. The molecule has 1 fully saturated rings. The van der Waals surface area contributed by atoms with E-state index >= 15 is 0 Å². The average molecular weight is 342 g/mol. The van der Waals surface area contributed by atoms with Crippen LogP contribution in [0.4, 0.5) is 0 Å². The lowest BCUT2D eigenvalue weighted by atomic mass is 10.1. The van der Waals surface area contributed by atoms with Crippen molar-refractivity contribution in [3.63, 3.8) is 0 Å². The van der Waals surface area contributed by atoms with Gasteiger partial charge in [0.1, 0.15) is 5.75 Å². The first-order valence-corrected chi connectivity index (χ1v) is 7.71. The Labute approximate surface area is 127 Å². The zero-order chi connectivity index (χ0) is 14.7. The highest BCUT2D eigenvalue weighted by molar-refractivity contribution is 9.10. The molecule has 1 N–H and O–H groups in total. The fraction of sp³-hybridized carbons (Fsp3) is 0.533. The number of halogens is 1. The van der Waals surface area contributed by atoms with E-state index in [-0.39, 0.29) is 5.91 Å². The number of hydrogen-bond donors (Lipinski definition) is 1. The molecule has 2 unspecified atom stereocenters. The van der Waals surface area contributed by atoms with Crippen molar-refractivity contribution in [2.75, 3.05) is 13.1 Å². The fourth-order valence-electron chi connectivity index (χ4n) is 2.39. The molecule has 1 aliphatic rings. The maximum absolute atomic E-state index is 12.2. The maximum Gasteiger partial charge on any atom is 0.263 e. The van der Waals surface area contributed by atoms with Gasteiger partial charge in [0.25, 0.3) is 5.91 Å². The molecule has 0 aliphatic carbocycles. The van der Waals surface area contributed by atoms with Crippen LogP contribution in [0, 0.1) is 0 Å². The van der Waals surface area contributed by atoms with Crippen molar-refractivity contribution in [3.05, 3.63) is 28.2 Å². The molecule has 5 heteroatoms. The third-order valence-electron chi connectivity index (χ3n) is 3.49. The van der Waals surface area contributed by atoms with Gasteiger partial charge in [0.05, 0.1) is 6.10 Å². The molecular formula is C15H20BrNO3. The molecule has 2 rings (SSSR count). The normalized spacial score (nSPS) is 17.9. The molecule has 0 spiro atoms. The highest BCUT2D eigenvalue weighted by atomic mass is 79.9. The van der Waals surface area contributed by atoms with Gasteiger partial charge < -0.3 is 14.7 Å². The number of ether oxygens (including phenoxy) is 1. The van der Waals surface area contributed by atoms with Gasteiger partial charge >= 0.3 is 0 Å². The second kappa shape index (κ2) is 6.59. The van der Waals surface area contributed by atoms with Gasteiger partial charge in [0.2, 0.25) is 0 Å². The Morgan fingerprint density at radius 1 is 1.35 bits per heavy atom. The Kier molecular flexibility index (Phi) is 5.05. The van der Waals surface area contributed by atoms with Crippen LogP contribution in [0.3, 0.4) is 0 Å². The number of amides is 1. The van der Waals surface area contributed by atoms with E-state index in [2.05, 4.69) is 15.9 Å². The van der Waals surface area contributed by atoms with E-state index in [0.29, 0.717) is 11.3 Å². The Hall–Kier alpha value is -1.07. The number of aliphatic hydroxyl groups excluding tert-OH is 1. The van der Waals surface area contributed by atoms with E-state index in [1.165, 1.54) is 0 Å². The first kappa shape index (κ1) is 15.3. The summed E-state index contributed by atoms with van der Waals surface area (Å²) in [6, 6.07) is 5.43. The Morgan fingerprint density at radius 3 is 2.60 bits per heavy atom. The molecule has 0 aromatic heterocycles. The van der Waals surface area contributed by atoms with Crippen LogP contribution in [-0.2, 0) is 4.79 Å². The first-order valence-electron chi connectivity index (χ1n) is 6.92. The van der Waals surface area contributed by atoms with Crippen molar-refractivity contribution in [1.82, 2.24) is 4.90 Å². The van der Waals surface area contributed by atoms with Crippen molar-refractivity contribution in [1.29, 1.82) is 0 Å². The Morgan fingerprint density at radius 2 is 2.00 bits per heavy atom. The van der Waals surface area contributed by atoms with E-state index in [1.54, 1.807) is 19.9 Å². The molecular weight excluding hydrogens is 322 g/mol. The van der Waals surface area contributed by atoms with E-state index < -0.39 is 12.2 Å². The molecule has 2 atom stereocenters. The predicted octanol–water partition coefficient (Wildman–Crippen LogP) is 2.89. The molecule has 1 aliphatic heterocycles. The summed E-state index contributed by atoms with van der Waals surface area (Å²) < 4.78 is 6.64. The van der Waals surface area contributed by atoms with Crippen molar-refractivity contribution in [2.45, 2.75) is 38.9 Å². The molecule has 0 bridgehead atoms. The third kappa shape index (κ3) is 3.52. The lowest BCUT2D eigenvalue weighted by Crippen LogP contribution is -2.38. The van der Waals surface area contributed by atoms with Crippen molar-refractivity contribution >= 4 is 21.8 Å². The number of aliphatic hydroxyl groups is 1. The predicted molar refractivity (Wildman–Crippen MR) is 80.7 cm³/mol. The minimum Gasteiger partial charge on any atom is -0.481 e. The standard InChI is InChI=1S/C15H20BrNO3/c1-10(18)13-9-12(16)5-6-14(13)20-11(2)15(19)17-7-3-4-8-17/h5-6,9-11,18H,3-4,7-8H2,1-2H3. The molecule has 1 aromatic carbocycles. The van der Waals surface area contributed by atoms with Crippen LogP contribution in [0.25, 0.3) is 0 Å². The number of carbonyl (C=O) groups excluding carboxylic acids is 1. The lowest BCUT2D eigenvalue weighted by Gasteiger charge is -2.23. The summed E-state index contributed by atoms with van der Waals surface area (Å²) in [6.07, 6.45) is 0.953. The smallest absolute Gasteiger partial charge is 0.263 e. The average Bonchev–Trinajstić information content (AvgIpc) is 2.93. The maximum atomic E-state index is 12.2. The van der Waals surface area contributed by atoms with E-state index in [4.69, 9.17) is 4.74 Å². The summed E-state index contributed by atoms with van der Waals surface area (Å²) in [5, 5.41) is 9.80. The molecule has 4 nitrogen and oxygen atoms in total. The molecule has 1 heterocycles. The quantitative estimate of drug-likeness (QED) is 0.915. The number of rotatable bonds is 4. The number of hydrogen-bond acceptors (Lipinski definition) is 3. The number of nitrogens with zero attached hydrogens (tertiary/aromatic N) is 1. The van der Waals surface area contributed by atoms with Gasteiger partial charge in [-0.3, -0.25) is 4.79 Å². The zero-order valence-electron chi connectivity index (χ0n) is 11.8. The van der Waals surface area contributed by atoms with Crippen LogP contribution < -0.4 is 4.74 Å². The minimum atomic E-state index is -0.642. The van der Waals surface area contributed by atoms with Gasteiger partial charge in [-0.25, -0.2) is 0 Å². The van der Waals surface area contributed by atoms with Crippen LogP contribution in [0.5, 0.6) is 5.75 Å². The lowest BCUT2D eigenvalue weighted by molar-refractivity contribution is -0.136. The molecule has 1 aromatic rings. The zero-order valence-corrected chi connectivity index (χ0v) is 13.4. The SMILES string of the molecule is CC(Oc1ccc(Br)cc1C(C)O)C(=O)N1CCCC1. The molecule has 1 amide bonds. The van der Waals surface area contributed by atoms with Crippen LogP contribution in [0.1, 0.15) is 38.4 Å². The van der Waals surface area contributed by atoms with Gasteiger partial charge in [-0.2, -0.15) is 0 Å². The van der Waals surface area contributed by atoms with Crippen molar-refractivity contribution < 1.29 is 14.6 Å². The molecule has 0 saturated carbocycles. The van der Waals surface area contributed by atoms with Crippen LogP contribution >= 0.6 is 15.9 Å². The fourth-order valence-corrected chi connectivity index (χ4v) is 2.77. The largest absolute Gasteiger partial charge is 0.481 e. The van der Waals surface area contributed by atoms with Crippen LogP contribution in [0.15, 0.2) is 22.7 Å². The van der Waals surface area contributed by atoms with Crippen LogP contribution in [-0.4, -0.2) is 35.1 Å². The molecule has 1 saturated heterocycles. The summed E-state index contributed by atoms with van der Waals surface area (Å²) >= 11 is 3.37. The van der Waals surface area contributed by atoms with Gasteiger partial charge in [0, 0.05) is 23.1 Å². The van der Waals surface area contributed by atoms with Gasteiger partial charge in [-0.1, -0.05) is 15.9 Å². The van der Waals surface area contributed by atoms with Gasteiger partial charge in [0.15, 0.2) is 6.10 Å². The van der Waals surface area contributed by atoms with E-state index in [9.17, 15) is 9.90 Å². The number of likely N-dealkylation sites (tertiary alicyclic amines) is 1. The summed E-state index contributed by atoms with van der Waals surface area (Å²) in [4.78, 5) is 14.1. The monoisotopic (exact) mass is 341 g/mol. The third-order valence-corrected chi connectivity index (χ3v) is 3.98. The molecule has 0 radical (unpaired) electrons. The summed E-state index contributed by atoms with van der Waals surface area (Å²) in [6.45, 7) is 5.07. The number of carbonyl (C=O) groups is 1. The van der Waals surface area contributed by atoms with Crippen molar-refractivity contribution in [2.24, 2.45) is 0 Å². The highest BCUT2D eigenvalue weighted by Crippen LogP contribution is 2.29. The first-order chi connectivity index (χ1) is 9.49. The topological polar surface area (TPSA) is 49.8 Å². The highest BCUT2D eigenvalue weighted by Gasteiger charge is 2.25. The second-order valence-electron chi connectivity index (χ2n) is 5.15. The van der Waals surface area contributed by atoms with Gasteiger partial charge in [-0.05, 0) is 44.9 Å². The summed E-state index contributed by atoms with van der Waals surface area (Å²) in [7, 11) is 0. The molecule has 110 valence electrons. The van der Waals surface area contributed by atoms with E-state index in [0.717, 1.165) is 30.4 Å².